The Morgan fingerprint density at radius 1 is 1.25 bits per heavy atom. The van der Waals surface area contributed by atoms with Crippen molar-refractivity contribution >= 4 is 0 Å². The molecule has 0 aliphatic heterocycles. The molecule has 0 spiro atoms. The standard InChI is InChI=1S/C12H22/c1-9(2)10(3)8-11(4)12(5,6)7/h10H,1,4,8H2,2-3,5-7H3. The van der Waals surface area contributed by atoms with Crippen LogP contribution in [0.15, 0.2) is 24.3 Å². The smallest absolute Gasteiger partial charge is 0.0175 e. The summed E-state index contributed by atoms with van der Waals surface area (Å²) < 4.78 is 0. The molecule has 12 heavy (non-hydrogen) atoms. The molecule has 0 heterocycles. The van der Waals surface area contributed by atoms with Crippen molar-refractivity contribution in [2.45, 2.75) is 41.0 Å². The van der Waals surface area contributed by atoms with E-state index in [1.54, 1.807) is 0 Å². The van der Waals surface area contributed by atoms with Gasteiger partial charge in [-0.05, 0) is 24.7 Å². The summed E-state index contributed by atoms with van der Waals surface area (Å²) in [6, 6.07) is 0. The number of hydrogen-bond donors (Lipinski definition) is 0. The van der Waals surface area contributed by atoms with Crippen LogP contribution in [0, 0.1) is 11.3 Å². The third-order valence-corrected chi connectivity index (χ3v) is 2.45. The van der Waals surface area contributed by atoms with E-state index in [4.69, 9.17) is 0 Å². The molecule has 0 heteroatoms. The lowest BCUT2D eigenvalue weighted by molar-refractivity contribution is 0.462. The Kier molecular flexibility index (Phi) is 3.76. The predicted molar refractivity (Wildman–Crippen MR) is 57.2 cm³/mol. The molecule has 0 aromatic carbocycles. The molecule has 70 valence electrons. The molecule has 0 aromatic rings. The molecule has 0 bridgehead atoms. The highest BCUT2D eigenvalue weighted by Crippen LogP contribution is 2.30. The van der Waals surface area contributed by atoms with Crippen LogP contribution in [-0.2, 0) is 0 Å². The molecule has 0 radical (unpaired) electrons. The van der Waals surface area contributed by atoms with Crippen molar-refractivity contribution in [3.63, 3.8) is 0 Å². The monoisotopic (exact) mass is 166 g/mol. The van der Waals surface area contributed by atoms with Crippen LogP contribution in [0.4, 0.5) is 0 Å². The second-order valence-electron chi connectivity index (χ2n) is 4.81. The maximum Gasteiger partial charge on any atom is -0.0175 e. The van der Waals surface area contributed by atoms with E-state index in [0.717, 1.165) is 6.42 Å². The third kappa shape index (κ3) is 3.75. The molecule has 0 rings (SSSR count). The van der Waals surface area contributed by atoms with Gasteiger partial charge in [-0.3, -0.25) is 0 Å². The summed E-state index contributed by atoms with van der Waals surface area (Å²) in [6.07, 6.45) is 1.07. The van der Waals surface area contributed by atoms with Gasteiger partial charge in [0.05, 0.1) is 0 Å². The van der Waals surface area contributed by atoms with Gasteiger partial charge in [0.25, 0.3) is 0 Å². The topological polar surface area (TPSA) is 0 Å². The summed E-state index contributed by atoms with van der Waals surface area (Å²) in [5, 5.41) is 0. The van der Waals surface area contributed by atoms with Crippen LogP contribution in [0.25, 0.3) is 0 Å². The van der Waals surface area contributed by atoms with Gasteiger partial charge in [-0.2, -0.15) is 0 Å². The number of rotatable bonds is 3. The van der Waals surface area contributed by atoms with E-state index in [0.29, 0.717) is 5.92 Å². The Hall–Kier alpha value is -0.520. The van der Waals surface area contributed by atoms with Gasteiger partial charge in [-0.25, -0.2) is 0 Å². The van der Waals surface area contributed by atoms with E-state index >= 15 is 0 Å². The largest absolute Gasteiger partial charge is 0.0999 e. The maximum atomic E-state index is 4.11. The van der Waals surface area contributed by atoms with Gasteiger partial charge in [-0.1, -0.05) is 52.0 Å². The summed E-state index contributed by atoms with van der Waals surface area (Å²) >= 11 is 0. The van der Waals surface area contributed by atoms with Gasteiger partial charge < -0.3 is 0 Å². The van der Waals surface area contributed by atoms with Gasteiger partial charge in [0, 0.05) is 0 Å². The SMILES string of the molecule is C=C(C)C(C)CC(=C)C(C)(C)C. The summed E-state index contributed by atoms with van der Waals surface area (Å²) in [7, 11) is 0. The van der Waals surface area contributed by atoms with Crippen LogP contribution in [-0.4, -0.2) is 0 Å². The van der Waals surface area contributed by atoms with Gasteiger partial charge in [-0.15, -0.1) is 0 Å². The molecule has 0 saturated heterocycles. The summed E-state index contributed by atoms with van der Waals surface area (Å²) in [5.41, 5.74) is 2.81. The Bertz CT molecular complexity index is 179. The first-order chi connectivity index (χ1) is 5.25. The van der Waals surface area contributed by atoms with E-state index in [1.807, 2.05) is 0 Å². The Morgan fingerprint density at radius 3 is 1.92 bits per heavy atom. The van der Waals surface area contributed by atoms with Crippen molar-refractivity contribution in [3.05, 3.63) is 24.3 Å². The molecule has 0 aliphatic carbocycles. The zero-order valence-corrected chi connectivity index (χ0v) is 9.20. The molecular weight excluding hydrogens is 144 g/mol. The van der Waals surface area contributed by atoms with Crippen molar-refractivity contribution in [2.24, 2.45) is 11.3 Å². The summed E-state index contributed by atoms with van der Waals surface area (Å²) in [4.78, 5) is 0. The molecule has 0 N–H and O–H groups in total. The molecule has 0 aromatic heterocycles. The van der Waals surface area contributed by atoms with Gasteiger partial charge in [0.15, 0.2) is 0 Å². The summed E-state index contributed by atoms with van der Waals surface area (Å²) in [6.45, 7) is 19.0. The van der Waals surface area contributed by atoms with Crippen LogP contribution in [0.2, 0.25) is 0 Å². The lowest BCUT2D eigenvalue weighted by Gasteiger charge is -2.24. The maximum absolute atomic E-state index is 4.11. The third-order valence-electron chi connectivity index (χ3n) is 2.45. The quantitative estimate of drug-likeness (QED) is 0.551. The van der Waals surface area contributed by atoms with Crippen LogP contribution < -0.4 is 0 Å². The van der Waals surface area contributed by atoms with E-state index in [2.05, 4.69) is 47.8 Å². The normalized spacial score (nSPS) is 14.1. The molecule has 0 saturated carbocycles. The zero-order valence-electron chi connectivity index (χ0n) is 9.20. The van der Waals surface area contributed by atoms with Gasteiger partial charge in [0.2, 0.25) is 0 Å². The first-order valence-corrected chi connectivity index (χ1v) is 4.58. The molecule has 1 atom stereocenters. The minimum Gasteiger partial charge on any atom is -0.0999 e. The second-order valence-corrected chi connectivity index (χ2v) is 4.81. The Balaban J connectivity index is 4.11. The first kappa shape index (κ1) is 11.5. The van der Waals surface area contributed by atoms with Crippen LogP contribution in [0.1, 0.15) is 41.0 Å². The average Bonchev–Trinajstić information content (AvgIpc) is 1.85. The van der Waals surface area contributed by atoms with Crippen molar-refractivity contribution < 1.29 is 0 Å². The highest BCUT2D eigenvalue weighted by Gasteiger charge is 2.16. The molecule has 1 unspecified atom stereocenters. The highest BCUT2D eigenvalue weighted by molar-refractivity contribution is 5.10. The molecular formula is C12H22. The number of allylic oxidation sites excluding steroid dienone is 2. The van der Waals surface area contributed by atoms with Crippen molar-refractivity contribution in [3.8, 4) is 0 Å². The van der Waals surface area contributed by atoms with Crippen LogP contribution in [0.5, 0.6) is 0 Å². The lowest BCUT2D eigenvalue weighted by Crippen LogP contribution is -2.11. The number of hydrogen-bond acceptors (Lipinski definition) is 0. The average molecular weight is 166 g/mol. The van der Waals surface area contributed by atoms with E-state index in [1.165, 1.54) is 11.1 Å². The van der Waals surface area contributed by atoms with Gasteiger partial charge >= 0.3 is 0 Å². The fourth-order valence-corrected chi connectivity index (χ4v) is 0.850. The van der Waals surface area contributed by atoms with Crippen molar-refractivity contribution in [1.29, 1.82) is 0 Å². The molecule has 0 amide bonds. The van der Waals surface area contributed by atoms with Crippen LogP contribution in [0.3, 0.4) is 0 Å². The molecule has 0 aliphatic rings. The fourth-order valence-electron chi connectivity index (χ4n) is 0.850. The van der Waals surface area contributed by atoms with E-state index in [-0.39, 0.29) is 5.41 Å². The minimum atomic E-state index is 0.240. The van der Waals surface area contributed by atoms with Crippen molar-refractivity contribution in [2.75, 3.05) is 0 Å². The van der Waals surface area contributed by atoms with E-state index < -0.39 is 0 Å². The Morgan fingerprint density at radius 2 is 1.67 bits per heavy atom. The first-order valence-electron chi connectivity index (χ1n) is 4.58. The predicted octanol–water partition coefficient (Wildman–Crippen LogP) is 4.19. The lowest BCUT2D eigenvalue weighted by atomic mass is 9.81. The van der Waals surface area contributed by atoms with Crippen LogP contribution >= 0.6 is 0 Å². The van der Waals surface area contributed by atoms with E-state index in [9.17, 15) is 0 Å². The molecule has 0 fully saturated rings. The summed E-state index contributed by atoms with van der Waals surface area (Å²) in [5.74, 6) is 0.566. The van der Waals surface area contributed by atoms with Crippen molar-refractivity contribution in [1.82, 2.24) is 0 Å². The Labute approximate surface area is 77.4 Å². The minimum absolute atomic E-state index is 0.240. The van der Waals surface area contributed by atoms with Gasteiger partial charge in [0.1, 0.15) is 0 Å². The second kappa shape index (κ2) is 3.93. The zero-order chi connectivity index (χ0) is 9.94. The highest BCUT2D eigenvalue weighted by atomic mass is 14.2. The fraction of sp³-hybridized carbons (Fsp3) is 0.667. The molecule has 0 nitrogen and oxygen atoms in total.